The zero-order valence-corrected chi connectivity index (χ0v) is 24.2. The van der Waals surface area contributed by atoms with Gasteiger partial charge in [-0.3, -0.25) is 0 Å². The van der Waals surface area contributed by atoms with Gasteiger partial charge in [-0.05, 0) is 20.8 Å². The Labute approximate surface area is 248 Å². The van der Waals surface area contributed by atoms with Gasteiger partial charge in [0.15, 0.2) is 11.6 Å². The second-order valence-corrected chi connectivity index (χ2v) is 10.4. The molecule has 3 aromatic heterocycles. The van der Waals surface area contributed by atoms with Crippen molar-refractivity contribution in [2.45, 2.75) is 32.6 Å². The predicted molar refractivity (Wildman–Crippen MR) is 174 cm³/mol. The number of aromatic amines is 2. The highest BCUT2D eigenvalue weighted by Gasteiger charge is 2.32. The van der Waals surface area contributed by atoms with Crippen LogP contribution in [0.5, 0.6) is 0 Å². The normalized spacial score (nSPS) is 16.5. The fraction of sp³-hybridized carbons (Fsp3) is 0.143. The van der Waals surface area contributed by atoms with E-state index in [2.05, 4.69) is 28.7 Å². The first-order valence-corrected chi connectivity index (χ1v) is 14.4. The predicted octanol–water partition coefficient (Wildman–Crippen LogP) is 8.08. The van der Waals surface area contributed by atoms with Crippen LogP contribution in [0.3, 0.4) is 0 Å². The van der Waals surface area contributed by atoms with Crippen LogP contribution < -0.4 is 0 Å². The molecule has 0 spiro atoms. The molecule has 2 unspecified atom stereocenters. The number of hydrogen-bond donors (Lipinski definition) is 2. The highest BCUT2D eigenvalue weighted by atomic mass is 15.1. The van der Waals surface area contributed by atoms with E-state index in [1.54, 1.807) is 6.08 Å². The van der Waals surface area contributed by atoms with E-state index < -0.39 is 0 Å². The van der Waals surface area contributed by atoms with Gasteiger partial charge in [-0.1, -0.05) is 97.6 Å². The minimum absolute atomic E-state index is 0.0928. The fourth-order valence-corrected chi connectivity index (χ4v) is 5.86. The molecule has 210 valence electrons. The quantitative estimate of drug-likeness (QED) is 0.210. The summed E-state index contributed by atoms with van der Waals surface area (Å²) in [5, 5.41) is 1.91. The molecule has 2 N–H and O–H groups in total. The SMILES string of the molecule is C=Cc1c(/C=C\C)c2nc3nc(nc4nc(nc5[nH]c(nc1[nH]2)c1ccccc51)C(/C=C\C)C4/C=C\C)-c1ccccc1-3. The summed E-state index contributed by atoms with van der Waals surface area (Å²) in [7, 11) is 0. The lowest BCUT2D eigenvalue weighted by Gasteiger charge is -2.11. The van der Waals surface area contributed by atoms with Crippen LogP contribution in [-0.2, 0) is 0 Å². The molecule has 2 aliphatic rings. The smallest absolute Gasteiger partial charge is 0.164 e. The maximum absolute atomic E-state index is 5.12. The van der Waals surface area contributed by atoms with Crippen LogP contribution in [0.2, 0.25) is 0 Å². The minimum Gasteiger partial charge on any atom is -0.324 e. The van der Waals surface area contributed by atoms with E-state index in [-0.39, 0.29) is 11.8 Å². The Hall–Kier alpha value is -5.50. The Morgan fingerprint density at radius 3 is 1.77 bits per heavy atom. The molecule has 0 radical (unpaired) electrons. The molecule has 0 fully saturated rings. The van der Waals surface area contributed by atoms with Gasteiger partial charge < -0.3 is 9.97 Å². The highest BCUT2D eigenvalue weighted by Crippen LogP contribution is 2.39. The van der Waals surface area contributed by atoms with Crippen molar-refractivity contribution in [3.05, 3.63) is 108 Å². The van der Waals surface area contributed by atoms with Crippen LogP contribution in [0, 0.1) is 0 Å². The second kappa shape index (κ2) is 10.7. The number of nitrogens with one attached hydrogen (secondary N) is 2. The Kier molecular flexibility index (Phi) is 6.58. The Balaban J connectivity index is 1.69. The van der Waals surface area contributed by atoms with E-state index in [1.165, 1.54) is 0 Å². The summed E-state index contributed by atoms with van der Waals surface area (Å²) in [6.45, 7) is 10.1. The highest BCUT2D eigenvalue weighted by molar-refractivity contribution is 6.04. The summed E-state index contributed by atoms with van der Waals surface area (Å²) in [6.07, 6.45) is 14.1. The van der Waals surface area contributed by atoms with Gasteiger partial charge in [-0.15, -0.1) is 0 Å². The molecule has 0 aliphatic carbocycles. The van der Waals surface area contributed by atoms with Gasteiger partial charge in [0, 0.05) is 33.0 Å². The standard InChI is InChI=1S/C35H30N8/c1-5-13-21-20(8-4)28-36-29(21)38-33-26-18-11-12-19-27(26)35(43-33)41-31-23(15-7-3)22(14-6-2)30(39-31)40-34-25-17-10-9-16-24(25)32(37-28)42-34/h5-19,22-23H,4H2,1-3H3,(H2,36,37,38,39,40,41,42,43)/b13-5-,14-6-,15-7-. The number of benzene rings is 2. The van der Waals surface area contributed by atoms with E-state index in [9.17, 15) is 0 Å². The molecule has 2 aliphatic heterocycles. The van der Waals surface area contributed by atoms with Crippen LogP contribution in [0.15, 0.2) is 85.5 Å². The number of H-pyrrole nitrogens is 2. The van der Waals surface area contributed by atoms with Crippen molar-refractivity contribution in [1.29, 1.82) is 0 Å². The summed E-state index contributed by atoms with van der Waals surface area (Å²) in [5.41, 5.74) is 6.21. The van der Waals surface area contributed by atoms with E-state index in [4.69, 9.17) is 29.9 Å². The molecule has 2 atom stereocenters. The average Bonchev–Trinajstić information content (AvgIpc) is 3.73. The van der Waals surface area contributed by atoms with Gasteiger partial charge in [0.2, 0.25) is 0 Å². The molecule has 8 heteroatoms. The van der Waals surface area contributed by atoms with Gasteiger partial charge in [0.05, 0.1) is 11.8 Å². The van der Waals surface area contributed by atoms with Crippen LogP contribution in [-0.4, -0.2) is 39.9 Å². The van der Waals surface area contributed by atoms with Crippen molar-refractivity contribution in [2.24, 2.45) is 0 Å². The van der Waals surface area contributed by atoms with Crippen molar-refractivity contribution in [3.8, 4) is 22.8 Å². The summed E-state index contributed by atoms with van der Waals surface area (Å²) >= 11 is 0. The largest absolute Gasteiger partial charge is 0.324 e. The molecular weight excluding hydrogens is 532 g/mol. The molecule has 8 nitrogen and oxygen atoms in total. The van der Waals surface area contributed by atoms with Crippen molar-refractivity contribution in [1.82, 2.24) is 39.9 Å². The van der Waals surface area contributed by atoms with Gasteiger partial charge in [0.25, 0.3) is 0 Å². The molecule has 7 rings (SSSR count). The number of aromatic nitrogens is 8. The lowest BCUT2D eigenvalue weighted by Crippen LogP contribution is -2.03. The summed E-state index contributed by atoms with van der Waals surface area (Å²) < 4.78 is 0. The number of hydrogen-bond acceptors (Lipinski definition) is 6. The van der Waals surface area contributed by atoms with E-state index >= 15 is 0 Å². The zero-order chi connectivity index (χ0) is 29.5. The van der Waals surface area contributed by atoms with Gasteiger partial charge >= 0.3 is 0 Å². The van der Waals surface area contributed by atoms with E-state index in [0.29, 0.717) is 45.9 Å². The van der Waals surface area contributed by atoms with Crippen LogP contribution >= 0.6 is 0 Å². The average molecular weight is 563 g/mol. The van der Waals surface area contributed by atoms with Crippen LogP contribution in [0.25, 0.3) is 68.3 Å². The maximum atomic E-state index is 5.12. The van der Waals surface area contributed by atoms with Gasteiger partial charge in [0.1, 0.15) is 34.2 Å². The van der Waals surface area contributed by atoms with Crippen molar-refractivity contribution < 1.29 is 0 Å². The number of fused-ring (bicyclic) bond motifs is 14. The molecule has 0 saturated heterocycles. The van der Waals surface area contributed by atoms with Crippen LogP contribution in [0.4, 0.5) is 0 Å². The monoisotopic (exact) mass is 562 g/mol. The molecule has 2 aromatic carbocycles. The van der Waals surface area contributed by atoms with Crippen molar-refractivity contribution in [3.63, 3.8) is 0 Å². The molecule has 8 bridgehead atoms. The third-order valence-electron chi connectivity index (χ3n) is 7.77. The fourth-order valence-electron chi connectivity index (χ4n) is 5.86. The summed E-state index contributed by atoms with van der Waals surface area (Å²) in [5.74, 6) is 2.30. The van der Waals surface area contributed by atoms with E-state index in [1.807, 2.05) is 93.6 Å². The Morgan fingerprint density at radius 2 is 1.14 bits per heavy atom. The lowest BCUT2D eigenvalue weighted by molar-refractivity contribution is 0.739. The molecule has 43 heavy (non-hydrogen) atoms. The molecule has 0 saturated carbocycles. The first-order chi connectivity index (χ1) is 21.1. The topological polar surface area (TPSA) is 109 Å². The lowest BCUT2D eigenvalue weighted by atomic mass is 9.92. The van der Waals surface area contributed by atoms with Gasteiger partial charge in [-0.25, -0.2) is 29.9 Å². The van der Waals surface area contributed by atoms with Crippen LogP contribution in [0.1, 0.15) is 55.4 Å². The Morgan fingerprint density at radius 1 is 0.581 bits per heavy atom. The number of nitrogens with zero attached hydrogens (tertiary/aromatic N) is 6. The van der Waals surface area contributed by atoms with Crippen molar-refractivity contribution >= 4 is 45.5 Å². The first kappa shape index (κ1) is 26.4. The Bertz CT molecular complexity index is 2160. The molecule has 5 aromatic rings. The third-order valence-corrected chi connectivity index (χ3v) is 7.77. The summed E-state index contributed by atoms with van der Waals surface area (Å²) in [6, 6.07) is 16.1. The van der Waals surface area contributed by atoms with Gasteiger partial charge in [-0.2, -0.15) is 0 Å². The second-order valence-electron chi connectivity index (χ2n) is 10.4. The molecular formula is C35H30N8. The minimum atomic E-state index is -0.0983. The first-order valence-electron chi connectivity index (χ1n) is 14.4. The third kappa shape index (κ3) is 4.39. The number of rotatable bonds is 4. The summed E-state index contributed by atoms with van der Waals surface area (Å²) in [4.78, 5) is 37.2. The van der Waals surface area contributed by atoms with Crippen molar-refractivity contribution in [2.75, 3.05) is 0 Å². The zero-order valence-electron chi connectivity index (χ0n) is 24.2. The maximum Gasteiger partial charge on any atom is 0.164 e. The van der Waals surface area contributed by atoms with E-state index in [0.717, 1.165) is 33.0 Å². The molecule has 5 heterocycles. The molecule has 0 amide bonds. The number of allylic oxidation sites excluding steroid dienone is 5.